The van der Waals surface area contributed by atoms with E-state index in [0.29, 0.717) is 0 Å². The van der Waals surface area contributed by atoms with E-state index in [2.05, 4.69) is 15.1 Å². The Labute approximate surface area is 92.6 Å². The molecule has 0 atom stereocenters. The van der Waals surface area contributed by atoms with Crippen molar-refractivity contribution in [2.24, 2.45) is 0 Å². The van der Waals surface area contributed by atoms with Gasteiger partial charge in [0.2, 0.25) is 0 Å². The van der Waals surface area contributed by atoms with Gasteiger partial charge in [-0.25, -0.2) is 9.50 Å². The standard InChI is InChI=1S/C12H10N4/c1-9-3-2-4-11-14-12(15-16(9)11)10-5-7-13-8-6-10/h2-8H,1H3. The Morgan fingerprint density at radius 2 is 1.88 bits per heavy atom. The van der Waals surface area contributed by atoms with Crippen LogP contribution in [0, 0.1) is 6.92 Å². The third-order valence-electron chi connectivity index (χ3n) is 2.49. The maximum absolute atomic E-state index is 4.47. The van der Waals surface area contributed by atoms with Crippen LogP contribution in [0.1, 0.15) is 5.69 Å². The van der Waals surface area contributed by atoms with Crippen molar-refractivity contribution in [2.75, 3.05) is 0 Å². The predicted molar refractivity (Wildman–Crippen MR) is 61.0 cm³/mol. The van der Waals surface area contributed by atoms with Gasteiger partial charge in [-0.15, -0.1) is 5.10 Å². The van der Waals surface area contributed by atoms with E-state index in [1.807, 2.05) is 41.8 Å². The van der Waals surface area contributed by atoms with Gasteiger partial charge in [-0.2, -0.15) is 0 Å². The maximum atomic E-state index is 4.47. The second-order valence-electron chi connectivity index (χ2n) is 3.61. The first kappa shape index (κ1) is 9.03. The minimum atomic E-state index is 0.733. The number of hydrogen-bond acceptors (Lipinski definition) is 3. The molecule has 0 aliphatic carbocycles. The van der Waals surface area contributed by atoms with Gasteiger partial charge in [-0.05, 0) is 31.2 Å². The van der Waals surface area contributed by atoms with E-state index in [1.165, 1.54) is 0 Å². The highest BCUT2D eigenvalue weighted by molar-refractivity contribution is 5.57. The van der Waals surface area contributed by atoms with E-state index in [-0.39, 0.29) is 0 Å². The first-order valence-corrected chi connectivity index (χ1v) is 5.07. The molecule has 0 aliphatic rings. The SMILES string of the molecule is Cc1cccc2nc(-c3ccncc3)nn12. The third kappa shape index (κ3) is 1.35. The van der Waals surface area contributed by atoms with E-state index < -0.39 is 0 Å². The summed E-state index contributed by atoms with van der Waals surface area (Å²) in [6.07, 6.45) is 3.49. The molecule has 4 nitrogen and oxygen atoms in total. The second kappa shape index (κ2) is 3.41. The minimum Gasteiger partial charge on any atom is -0.265 e. The molecule has 0 unspecified atom stereocenters. The van der Waals surface area contributed by atoms with Crippen molar-refractivity contribution in [2.45, 2.75) is 6.92 Å². The lowest BCUT2D eigenvalue weighted by Gasteiger charge is -1.94. The molecule has 78 valence electrons. The lowest BCUT2D eigenvalue weighted by Crippen LogP contribution is -1.91. The molecule has 0 saturated heterocycles. The van der Waals surface area contributed by atoms with E-state index in [1.54, 1.807) is 12.4 Å². The van der Waals surface area contributed by atoms with Gasteiger partial charge in [0.05, 0.1) is 0 Å². The summed E-state index contributed by atoms with van der Waals surface area (Å²) in [7, 11) is 0. The quantitative estimate of drug-likeness (QED) is 0.617. The van der Waals surface area contributed by atoms with Gasteiger partial charge < -0.3 is 0 Å². The summed E-state index contributed by atoms with van der Waals surface area (Å²) in [5.74, 6) is 0.733. The fourth-order valence-electron chi connectivity index (χ4n) is 1.66. The molecule has 4 heteroatoms. The highest BCUT2D eigenvalue weighted by atomic mass is 15.3. The average molecular weight is 210 g/mol. The van der Waals surface area contributed by atoms with Crippen LogP contribution in [0.2, 0.25) is 0 Å². The molecular formula is C12H10N4. The number of aromatic nitrogens is 4. The summed E-state index contributed by atoms with van der Waals surface area (Å²) < 4.78 is 1.84. The van der Waals surface area contributed by atoms with Crippen molar-refractivity contribution >= 4 is 5.65 Å². The van der Waals surface area contributed by atoms with Crippen LogP contribution in [0.5, 0.6) is 0 Å². The summed E-state index contributed by atoms with van der Waals surface area (Å²) in [6.45, 7) is 2.01. The number of pyridine rings is 2. The van der Waals surface area contributed by atoms with Crippen molar-refractivity contribution in [3.8, 4) is 11.4 Å². The zero-order valence-electron chi connectivity index (χ0n) is 8.83. The number of hydrogen-bond donors (Lipinski definition) is 0. The highest BCUT2D eigenvalue weighted by Crippen LogP contribution is 2.15. The monoisotopic (exact) mass is 210 g/mol. The molecule has 0 aliphatic heterocycles. The minimum absolute atomic E-state index is 0.733. The predicted octanol–water partition coefficient (Wildman–Crippen LogP) is 2.10. The van der Waals surface area contributed by atoms with E-state index in [9.17, 15) is 0 Å². The van der Waals surface area contributed by atoms with Crippen LogP contribution >= 0.6 is 0 Å². The van der Waals surface area contributed by atoms with Crippen molar-refractivity contribution < 1.29 is 0 Å². The second-order valence-corrected chi connectivity index (χ2v) is 3.61. The molecule has 0 fully saturated rings. The Morgan fingerprint density at radius 1 is 1.06 bits per heavy atom. The van der Waals surface area contributed by atoms with E-state index in [4.69, 9.17) is 0 Å². The van der Waals surface area contributed by atoms with Crippen molar-refractivity contribution in [1.29, 1.82) is 0 Å². The Hall–Kier alpha value is -2.23. The van der Waals surface area contributed by atoms with Gasteiger partial charge in [0.25, 0.3) is 0 Å². The molecule has 3 rings (SSSR count). The van der Waals surface area contributed by atoms with Crippen LogP contribution in [-0.2, 0) is 0 Å². The zero-order chi connectivity index (χ0) is 11.0. The Kier molecular flexibility index (Phi) is 1.93. The molecule has 0 aromatic carbocycles. The van der Waals surface area contributed by atoms with Gasteiger partial charge in [0.1, 0.15) is 0 Å². The fraction of sp³-hybridized carbons (Fsp3) is 0.0833. The van der Waals surface area contributed by atoms with Gasteiger partial charge in [0, 0.05) is 23.7 Å². The van der Waals surface area contributed by atoms with Crippen molar-refractivity contribution in [1.82, 2.24) is 19.6 Å². The zero-order valence-corrected chi connectivity index (χ0v) is 8.83. The molecule has 0 saturated carbocycles. The molecule has 0 radical (unpaired) electrons. The number of nitrogens with zero attached hydrogens (tertiary/aromatic N) is 4. The topological polar surface area (TPSA) is 43.1 Å². The first-order valence-electron chi connectivity index (χ1n) is 5.07. The Bertz CT molecular complexity index is 628. The number of fused-ring (bicyclic) bond motifs is 1. The summed E-state index contributed by atoms with van der Waals surface area (Å²) in [5.41, 5.74) is 2.93. The Morgan fingerprint density at radius 3 is 2.62 bits per heavy atom. The van der Waals surface area contributed by atoms with Gasteiger partial charge in [-0.3, -0.25) is 4.98 Å². The maximum Gasteiger partial charge on any atom is 0.182 e. The summed E-state index contributed by atoms with van der Waals surface area (Å²) in [4.78, 5) is 8.45. The largest absolute Gasteiger partial charge is 0.265 e. The van der Waals surface area contributed by atoms with Gasteiger partial charge in [-0.1, -0.05) is 6.07 Å². The van der Waals surface area contributed by atoms with E-state index in [0.717, 1.165) is 22.7 Å². The average Bonchev–Trinajstić information content (AvgIpc) is 2.76. The third-order valence-corrected chi connectivity index (χ3v) is 2.49. The fourth-order valence-corrected chi connectivity index (χ4v) is 1.66. The van der Waals surface area contributed by atoms with Gasteiger partial charge >= 0.3 is 0 Å². The van der Waals surface area contributed by atoms with Crippen LogP contribution in [0.15, 0.2) is 42.7 Å². The van der Waals surface area contributed by atoms with Crippen LogP contribution in [0.4, 0.5) is 0 Å². The molecule has 0 bridgehead atoms. The summed E-state index contributed by atoms with van der Waals surface area (Å²) >= 11 is 0. The summed E-state index contributed by atoms with van der Waals surface area (Å²) in [6, 6.07) is 9.76. The molecule has 0 spiro atoms. The highest BCUT2D eigenvalue weighted by Gasteiger charge is 2.06. The van der Waals surface area contributed by atoms with Crippen molar-refractivity contribution in [3.63, 3.8) is 0 Å². The smallest absolute Gasteiger partial charge is 0.182 e. The number of rotatable bonds is 1. The lowest BCUT2D eigenvalue weighted by molar-refractivity contribution is 0.918. The molecule has 3 aromatic heterocycles. The van der Waals surface area contributed by atoms with Crippen LogP contribution in [0.25, 0.3) is 17.0 Å². The molecule has 3 heterocycles. The van der Waals surface area contributed by atoms with Crippen molar-refractivity contribution in [3.05, 3.63) is 48.4 Å². The molecule has 3 aromatic rings. The molecule has 0 N–H and O–H groups in total. The molecule has 0 amide bonds. The van der Waals surface area contributed by atoms with E-state index >= 15 is 0 Å². The van der Waals surface area contributed by atoms with Crippen LogP contribution in [-0.4, -0.2) is 19.6 Å². The van der Waals surface area contributed by atoms with Crippen LogP contribution in [0.3, 0.4) is 0 Å². The normalized spacial score (nSPS) is 10.8. The lowest BCUT2D eigenvalue weighted by atomic mass is 10.3. The van der Waals surface area contributed by atoms with Crippen LogP contribution < -0.4 is 0 Å². The molecular weight excluding hydrogens is 200 g/mol. The van der Waals surface area contributed by atoms with Gasteiger partial charge in [0.15, 0.2) is 11.5 Å². The Balaban J connectivity index is 2.23. The number of aryl methyl sites for hydroxylation is 1. The summed E-state index contributed by atoms with van der Waals surface area (Å²) in [5, 5.41) is 4.46. The molecule has 16 heavy (non-hydrogen) atoms. The first-order chi connectivity index (χ1) is 7.84.